The molecule has 0 aliphatic carbocycles. The summed E-state index contributed by atoms with van der Waals surface area (Å²) < 4.78 is 54.7. The molecule has 1 saturated heterocycles. The summed E-state index contributed by atoms with van der Waals surface area (Å²) in [5, 5.41) is 27.7. The van der Waals surface area contributed by atoms with Gasteiger partial charge in [0.1, 0.15) is 17.6 Å². The molecule has 0 unspecified atom stereocenters. The van der Waals surface area contributed by atoms with Crippen molar-refractivity contribution in [1.29, 1.82) is 5.26 Å². The number of benzene rings is 3. The number of nitriles is 1. The van der Waals surface area contributed by atoms with Gasteiger partial charge in [-0.3, -0.25) is 5.10 Å². The zero-order valence-electron chi connectivity index (χ0n) is 21.6. The molecule has 0 spiro atoms. The average molecular weight is 558 g/mol. The highest BCUT2D eigenvalue weighted by atomic mass is 19.4. The molecular formula is C31H23F4N5O. The maximum absolute atomic E-state index is 15.0. The molecule has 10 heteroatoms. The Morgan fingerprint density at radius 3 is 2.22 bits per heavy atom. The van der Waals surface area contributed by atoms with Crippen molar-refractivity contribution in [3.63, 3.8) is 0 Å². The summed E-state index contributed by atoms with van der Waals surface area (Å²) in [6.45, 7) is 1.90. The molecule has 0 radical (unpaired) electrons. The first-order valence-electron chi connectivity index (χ1n) is 13.1. The maximum atomic E-state index is 15.0. The number of aromatic amines is 1. The number of nitrogens with zero attached hydrogens (tertiary/aromatic N) is 4. The lowest BCUT2D eigenvalue weighted by Crippen LogP contribution is -2.29. The lowest BCUT2D eigenvalue weighted by molar-refractivity contribution is -0.137. The number of rotatable bonds is 4. The van der Waals surface area contributed by atoms with Crippen LogP contribution in [0.4, 0.5) is 23.2 Å². The molecule has 3 heterocycles. The van der Waals surface area contributed by atoms with Crippen LogP contribution in [0.15, 0.2) is 66.7 Å². The maximum Gasteiger partial charge on any atom is 0.416 e. The summed E-state index contributed by atoms with van der Waals surface area (Å²) in [6.07, 6.45) is -1.08. The Hall–Kier alpha value is -4.91. The molecule has 1 aliphatic rings. The van der Waals surface area contributed by atoms with Crippen molar-refractivity contribution in [3.8, 4) is 45.5 Å². The summed E-state index contributed by atoms with van der Waals surface area (Å²) in [5.41, 5.74) is 2.39. The minimum atomic E-state index is -4.49. The first-order chi connectivity index (χ1) is 19.7. The number of halogens is 4. The van der Waals surface area contributed by atoms with E-state index in [0.717, 1.165) is 49.8 Å². The van der Waals surface area contributed by atoms with Crippen molar-refractivity contribution in [3.05, 3.63) is 83.7 Å². The Balaban J connectivity index is 1.58. The lowest BCUT2D eigenvalue weighted by Gasteiger charge is -2.29. The van der Waals surface area contributed by atoms with E-state index in [0.29, 0.717) is 27.8 Å². The second-order valence-electron chi connectivity index (χ2n) is 9.95. The molecule has 6 nitrogen and oxygen atoms in total. The van der Waals surface area contributed by atoms with Gasteiger partial charge in [0.25, 0.3) is 0 Å². The number of anilines is 1. The van der Waals surface area contributed by atoms with Crippen molar-refractivity contribution in [1.82, 2.24) is 15.2 Å². The number of piperidine rings is 1. The molecule has 6 rings (SSSR count). The quantitative estimate of drug-likeness (QED) is 0.221. The van der Waals surface area contributed by atoms with Crippen LogP contribution in [0.5, 0.6) is 5.75 Å². The number of hydrogen-bond donors (Lipinski definition) is 2. The Morgan fingerprint density at radius 2 is 1.59 bits per heavy atom. The van der Waals surface area contributed by atoms with E-state index in [1.165, 1.54) is 30.7 Å². The number of H-pyrrole nitrogens is 1. The molecule has 1 aliphatic heterocycles. The topological polar surface area (TPSA) is 88.8 Å². The van der Waals surface area contributed by atoms with Crippen LogP contribution in [0, 0.1) is 17.1 Å². The number of alkyl halides is 3. The molecule has 0 saturated carbocycles. The Labute approximate surface area is 232 Å². The Morgan fingerprint density at radius 1 is 0.902 bits per heavy atom. The number of phenols is 1. The van der Waals surface area contributed by atoms with Crippen LogP contribution in [-0.2, 0) is 6.18 Å². The third-order valence-corrected chi connectivity index (χ3v) is 7.40. The van der Waals surface area contributed by atoms with Crippen LogP contribution in [-0.4, -0.2) is 33.4 Å². The van der Waals surface area contributed by atoms with Crippen LogP contribution in [0.1, 0.15) is 30.4 Å². The molecule has 2 aromatic heterocycles. The fraction of sp³-hybridized carbons (Fsp3) is 0.194. The molecule has 41 heavy (non-hydrogen) atoms. The number of phenolic OH excluding ortho intramolecular Hbond substituents is 1. The van der Waals surface area contributed by atoms with E-state index in [1.54, 1.807) is 0 Å². The number of aromatic hydroxyl groups is 1. The van der Waals surface area contributed by atoms with Crippen LogP contribution < -0.4 is 4.90 Å². The van der Waals surface area contributed by atoms with E-state index in [1.807, 2.05) is 24.3 Å². The summed E-state index contributed by atoms with van der Waals surface area (Å²) in [4.78, 5) is 6.81. The zero-order chi connectivity index (χ0) is 28.7. The van der Waals surface area contributed by atoms with E-state index >= 15 is 4.39 Å². The SMILES string of the molecule is N#Cc1c(-c2ccc(O)cc2F)nc2n[nH]c(-c3ccc(C(F)(F)F)cc3)c2c1-c1ccc(N2CCCCC2)cc1. The summed E-state index contributed by atoms with van der Waals surface area (Å²) >= 11 is 0. The fourth-order valence-electron chi connectivity index (χ4n) is 5.37. The zero-order valence-corrected chi connectivity index (χ0v) is 21.6. The number of pyridine rings is 1. The molecule has 3 aromatic carbocycles. The highest BCUT2D eigenvalue weighted by Crippen LogP contribution is 2.42. The van der Waals surface area contributed by atoms with Crippen molar-refractivity contribution in [2.75, 3.05) is 18.0 Å². The predicted octanol–water partition coefficient (Wildman–Crippen LogP) is 7.68. The van der Waals surface area contributed by atoms with E-state index in [4.69, 9.17) is 0 Å². The van der Waals surface area contributed by atoms with Crippen LogP contribution >= 0.6 is 0 Å². The third-order valence-electron chi connectivity index (χ3n) is 7.40. The van der Waals surface area contributed by atoms with E-state index in [2.05, 4.69) is 26.2 Å². The van der Waals surface area contributed by atoms with Crippen molar-refractivity contribution < 1.29 is 22.7 Å². The van der Waals surface area contributed by atoms with Gasteiger partial charge in [-0.15, -0.1) is 0 Å². The molecule has 0 amide bonds. The highest BCUT2D eigenvalue weighted by Gasteiger charge is 2.30. The second-order valence-corrected chi connectivity index (χ2v) is 9.95. The van der Waals surface area contributed by atoms with Gasteiger partial charge in [-0.2, -0.15) is 23.5 Å². The monoisotopic (exact) mass is 557 g/mol. The first kappa shape index (κ1) is 26.3. The van der Waals surface area contributed by atoms with Gasteiger partial charge >= 0.3 is 6.18 Å². The van der Waals surface area contributed by atoms with Crippen LogP contribution in [0.3, 0.4) is 0 Å². The number of aromatic nitrogens is 3. The van der Waals surface area contributed by atoms with Gasteiger partial charge in [0.2, 0.25) is 0 Å². The van der Waals surface area contributed by atoms with Gasteiger partial charge in [0.05, 0.1) is 27.9 Å². The van der Waals surface area contributed by atoms with Gasteiger partial charge in [-0.05, 0) is 61.2 Å². The van der Waals surface area contributed by atoms with Crippen molar-refractivity contribution in [2.24, 2.45) is 0 Å². The van der Waals surface area contributed by atoms with Gasteiger partial charge in [-0.25, -0.2) is 9.37 Å². The minimum Gasteiger partial charge on any atom is -0.508 e. The van der Waals surface area contributed by atoms with Crippen molar-refractivity contribution >= 4 is 16.7 Å². The van der Waals surface area contributed by atoms with Gasteiger partial charge in [0.15, 0.2) is 5.65 Å². The minimum absolute atomic E-state index is 0.00603. The Kier molecular flexibility index (Phi) is 6.58. The van der Waals surface area contributed by atoms with Crippen molar-refractivity contribution in [2.45, 2.75) is 25.4 Å². The van der Waals surface area contributed by atoms with Crippen LogP contribution in [0.2, 0.25) is 0 Å². The van der Waals surface area contributed by atoms with E-state index < -0.39 is 17.6 Å². The van der Waals surface area contributed by atoms with E-state index in [9.17, 15) is 23.5 Å². The number of nitrogens with one attached hydrogen (secondary N) is 1. The number of fused-ring (bicyclic) bond motifs is 1. The molecule has 0 atom stereocenters. The first-order valence-corrected chi connectivity index (χ1v) is 13.1. The third kappa shape index (κ3) is 4.84. The molecule has 2 N–H and O–H groups in total. The molecule has 0 bridgehead atoms. The molecule has 1 fully saturated rings. The lowest BCUT2D eigenvalue weighted by atomic mass is 9.91. The standard InChI is InChI=1S/C31H23F4N5O/c32-25-16-22(41)12-13-23(25)29-24(17-36)26(18-6-10-21(11-7-18)40-14-2-1-3-15-40)27-28(38-39-30(27)37-29)19-4-8-20(9-5-19)31(33,34)35/h4-13,16,41H,1-3,14-15H2,(H,37,38,39). The molecule has 206 valence electrons. The Bertz CT molecular complexity index is 1780. The summed E-state index contributed by atoms with van der Waals surface area (Å²) in [5.74, 6) is -1.04. The smallest absolute Gasteiger partial charge is 0.416 e. The average Bonchev–Trinajstić information content (AvgIpc) is 3.40. The summed E-state index contributed by atoms with van der Waals surface area (Å²) in [7, 11) is 0. The highest BCUT2D eigenvalue weighted by molar-refractivity contribution is 6.06. The molecule has 5 aromatic rings. The molecular weight excluding hydrogens is 534 g/mol. The van der Waals surface area contributed by atoms with Gasteiger partial charge in [-0.1, -0.05) is 24.3 Å². The predicted molar refractivity (Wildman–Crippen MR) is 148 cm³/mol. The largest absolute Gasteiger partial charge is 0.508 e. The number of hydrogen-bond acceptors (Lipinski definition) is 5. The second kappa shape index (κ2) is 10.2. The van der Waals surface area contributed by atoms with Gasteiger partial charge in [0, 0.05) is 41.5 Å². The van der Waals surface area contributed by atoms with Gasteiger partial charge < -0.3 is 10.0 Å². The summed E-state index contributed by atoms with van der Waals surface area (Å²) in [6, 6.07) is 18.1. The fourth-order valence-corrected chi connectivity index (χ4v) is 5.37. The normalized spacial score (nSPS) is 13.9. The van der Waals surface area contributed by atoms with Crippen LogP contribution in [0.25, 0.3) is 44.7 Å². The van der Waals surface area contributed by atoms with E-state index in [-0.39, 0.29) is 28.2 Å².